The lowest BCUT2D eigenvalue weighted by molar-refractivity contribution is -0.132. The number of aromatic nitrogens is 1. The van der Waals surface area contributed by atoms with Crippen LogP contribution in [0.1, 0.15) is 43.5 Å². The van der Waals surface area contributed by atoms with Crippen LogP contribution in [0.4, 0.5) is 9.52 Å². The molecule has 4 atom stereocenters. The molecule has 4 unspecified atom stereocenters. The van der Waals surface area contributed by atoms with Crippen molar-refractivity contribution in [3.8, 4) is 0 Å². The van der Waals surface area contributed by atoms with Crippen LogP contribution in [0.25, 0.3) is 0 Å². The third kappa shape index (κ3) is 2.82. The molecule has 0 radical (unpaired) electrons. The van der Waals surface area contributed by atoms with Gasteiger partial charge in [-0.2, -0.15) is 0 Å². The molecule has 1 fully saturated rings. The molecule has 1 aromatic carbocycles. The molecule has 0 saturated heterocycles. The number of nitrogens with zero attached hydrogens (tertiary/aromatic N) is 2. The Morgan fingerprint density at radius 2 is 2.03 bits per heavy atom. The Hall–Kier alpha value is -2.54. The standard InChI is InChI=1S/C22H21FN2O3S/c1-11-7-8-16-14(9-11)19(26)17-18(13-5-3-4-6-15(13)23)25(21(27)20(17)28-16)22-24-12(2)10-29-22/h3-6,10-11,14,16,18H,7-9H2,1-2H3. The van der Waals surface area contributed by atoms with Crippen molar-refractivity contribution in [1.29, 1.82) is 0 Å². The third-order valence-electron chi connectivity index (χ3n) is 6.12. The van der Waals surface area contributed by atoms with E-state index in [1.807, 2.05) is 12.3 Å². The van der Waals surface area contributed by atoms with Crippen LogP contribution in [0.3, 0.4) is 0 Å². The van der Waals surface area contributed by atoms with Crippen molar-refractivity contribution in [2.24, 2.45) is 11.8 Å². The van der Waals surface area contributed by atoms with E-state index in [9.17, 15) is 14.0 Å². The molecule has 1 amide bonds. The number of rotatable bonds is 2. The molecule has 0 bridgehead atoms. The average Bonchev–Trinajstić information content (AvgIpc) is 3.24. The van der Waals surface area contributed by atoms with Gasteiger partial charge in [0.15, 0.2) is 16.7 Å². The van der Waals surface area contributed by atoms with Crippen molar-refractivity contribution >= 4 is 28.2 Å². The summed E-state index contributed by atoms with van der Waals surface area (Å²) < 4.78 is 20.9. The van der Waals surface area contributed by atoms with Crippen molar-refractivity contribution < 1.29 is 18.7 Å². The fraction of sp³-hybridized carbons (Fsp3) is 0.409. The second kappa shape index (κ2) is 6.76. The number of ketones is 1. The quantitative estimate of drug-likeness (QED) is 0.736. The zero-order chi connectivity index (χ0) is 20.3. The highest BCUT2D eigenvalue weighted by Gasteiger charge is 2.54. The highest BCUT2D eigenvalue weighted by Crippen LogP contribution is 2.49. The van der Waals surface area contributed by atoms with Gasteiger partial charge in [0.1, 0.15) is 18.0 Å². The number of fused-ring (bicyclic) bond motifs is 1. The van der Waals surface area contributed by atoms with Gasteiger partial charge in [-0.05, 0) is 38.2 Å². The highest BCUT2D eigenvalue weighted by molar-refractivity contribution is 7.14. The molecule has 0 N–H and O–H groups in total. The number of carbonyl (C=O) groups is 2. The summed E-state index contributed by atoms with van der Waals surface area (Å²) in [5.41, 5.74) is 1.34. The third-order valence-corrected chi connectivity index (χ3v) is 7.08. The molecular weight excluding hydrogens is 391 g/mol. The molecule has 1 aliphatic carbocycles. The number of halogens is 1. The van der Waals surface area contributed by atoms with Gasteiger partial charge in [-0.15, -0.1) is 11.3 Å². The van der Waals surface area contributed by atoms with Gasteiger partial charge in [-0.1, -0.05) is 25.1 Å². The zero-order valence-electron chi connectivity index (χ0n) is 16.2. The van der Waals surface area contributed by atoms with Crippen molar-refractivity contribution in [1.82, 2.24) is 4.98 Å². The summed E-state index contributed by atoms with van der Waals surface area (Å²) in [5, 5.41) is 2.28. The minimum atomic E-state index is -0.852. The SMILES string of the molecule is Cc1csc(N2C(=O)C3=C(C(=O)C4CC(C)CCC4O3)C2c2ccccc2F)n1. The summed E-state index contributed by atoms with van der Waals surface area (Å²) in [6.45, 7) is 3.97. The first kappa shape index (κ1) is 18.5. The average molecular weight is 412 g/mol. The van der Waals surface area contributed by atoms with Crippen LogP contribution >= 0.6 is 11.3 Å². The van der Waals surface area contributed by atoms with E-state index in [4.69, 9.17) is 4.74 Å². The Morgan fingerprint density at radius 3 is 2.76 bits per heavy atom. The number of benzene rings is 1. The van der Waals surface area contributed by atoms with Gasteiger partial charge in [0, 0.05) is 10.9 Å². The number of hydrogen-bond donors (Lipinski definition) is 0. The summed E-state index contributed by atoms with van der Waals surface area (Å²) >= 11 is 1.31. The lowest BCUT2D eigenvalue weighted by Crippen LogP contribution is -2.41. The number of hydrogen-bond acceptors (Lipinski definition) is 5. The smallest absolute Gasteiger partial charge is 0.296 e. The first-order valence-electron chi connectivity index (χ1n) is 9.91. The van der Waals surface area contributed by atoms with Crippen molar-refractivity contribution in [2.75, 3.05) is 4.90 Å². The maximum Gasteiger partial charge on any atom is 0.296 e. The van der Waals surface area contributed by atoms with Gasteiger partial charge in [-0.3, -0.25) is 14.5 Å². The predicted octanol–water partition coefficient (Wildman–Crippen LogP) is 4.34. The largest absolute Gasteiger partial charge is 0.483 e. The normalized spacial score (nSPS) is 29.0. The molecule has 1 saturated carbocycles. The maximum absolute atomic E-state index is 14.8. The van der Waals surface area contributed by atoms with Crippen LogP contribution in [0.15, 0.2) is 41.0 Å². The van der Waals surface area contributed by atoms with E-state index in [0.717, 1.165) is 25.0 Å². The molecule has 3 heterocycles. The lowest BCUT2D eigenvalue weighted by Gasteiger charge is -2.37. The van der Waals surface area contributed by atoms with E-state index in [2.05, 4.69) is 11.9 Å². The Kier molecular flexibility index (Phi) is 4.31. The van der Waals surface area contributed by atoms with Gasteiger partial charge in [0.2, 0.25) is 0 Å². The number of thiazole rings is 1. The Bertz CT molecular complexity index is 1050. The molecule has 2 aromatic rings. The van der Waals surface area contributed by atoms with Crippen LogP contribution in [-0.4, -0.2) is 22.8 Å². The fourth-order valence-electron chi connectivity index (χ4n) is 4.72. The van der Waals surface area contributed by atoms with E-state index in [0.29, 0.717) is 11.0 Å². The number of amides is 1. The molecule has 2 aliphatic heterocycles. The van der Waals surface area contributed by atoms with Gasteiger partial charge >= 0.3 is 0 Å². The van der Waals surface area contributed by atoms with E-state index in [-0.39, 0.29) is 34.7 Å². The highest BCUT2D eigenvalue weighted by atomic mass is 32.1. The topological polar surface area (TPSA) is 59.5 Å². The molecule has 5 rings (SSSR count). The molecule has 3 aliphatic rings. The minimum absolute atomic E-state index is 0.0758. The molecular formula is C22H21FN2O3S. The van der Waals surface area contributed by atoms with Crippen molar-refractivity contribution in [2.45, 2.75) is 45.3 Å². The minimum Gasteiger partial charge on any atom is -0.483 e. The van der Waals surface area contributed by atoms with Crippen LogP contribution in [-0.2, 0) is 14.3 Å². The second-order valence-corrected chi connectivity index (χ2v) is 9.00. The Labute approximate surface area is 172 Å². The Balaban J connectivity index is 1.67. The summed E-state index contributed by atoms with van der Waals surface area (Å²) in [6.07, 6.45) is 2.18. The van der Waals surface area contributed by atoms with E-state index >= 15 is 0 Å². The van der Waals surface area contributed by atoms with E-state index < -0.39 is 17.8 Å². The molecule has 0 spiro atoms. The van der Waals surface area contributed by atoms with Gasteiger partial charge < -0.3 is 4.74 Å². The molecule has 29 heavy (non-hydrogen) atoms. The zero-order valence-corrected chi connectivity index (χ0v) is 17.0. The van der Waals surface area contributed by atoms with Crippen LogP contribution in [0.5, 0.6) is 0 Å². The number of aryl methyl sites for hydroxylation is 1. The van der Waals surface area contributed by atoms with Gasteiger partial charge in [0.25, 0.3) is 5.91 Å². The van der Waals surface area contributed by atoms with Crippen molar-refractivity contribution in [3.05, 3.63) is 58.1 Å². The number of carbonyl (C=O) groups excluding carboxylic acids is 2. The Morgan fingerprint density at radius 1 is 1.24 bits per heavy atom. The fourth-order valence-corrected chi connectivity index (χ4v) is 5.55. The molecule has 7 heteroatoms. The monoisotopic (exact) mass is 412 g/mol. The van der Waals surface area contributed by atoms with Crippen molar-refractivity contribution in [3.63, 3.8) is 0 Å². The van der Waals surface area contributed by atoms with Gasteiger partial charge in [0.05, 0.1) is 17.2 Å². The molecule has 150 valence electrons. The predicted molar refractivity (Wildman–Crippen MR) is 107 cm³/mol. The van der Waals surface area contributed by atoms with Crippen LogP contribution in [0, 0.1) is 24.6 Å². The second-order valence-electron chi connectivity index (χ2n) is 8.16. The number of Topliss-reactive ketones (excluding diaryl/α,β-unsaturated/α-hetero) is 1. The summed E-state index contributed by atoms with van der Waals surface area (Å²) in [5.74, 6) is -0.727. The summed E-state index contributed by atoms with van der Waals surface area (Å²) in [7, 11) is 0. The first-order valence-corrected chi connectivity index (χ1v) is 10.8. The van der Waals surface area contributed by atoms with E-state index in [1.165, 1.54) is 22.3 Å². The lowest BCUT2D eigenvalue weighted by atomic mass is 9.74. The van der Waals surface area contributed by atoms with Crippen LogP contribution in [0.2, 0.25) is 0 Å². The molecule has 1 aromatic heterocycles. The number of ether oxygens (including phenoxy) is 1. The number of anilines is 1. The van der Waals surface area contributed by atoms with Crippen LogP contribution < -0.4 is 4.90 Å². The summed E-state index contributed by atoms with van der Waals surface area (Å²) in [4.78, 5) is 32.8. The van der Waals surface area contributed by atoms with Gasteiger partial charge in [-0.25, -0.2) is 9.37 Å². The first-order chi connectivity index (χ1) is 14.0. The maximum atomic E-state index is 14.8. The summed E-state index contributed by atoms with van der Waals surface area (Å²) in [6, 6.07) is 5.44. The molecule has 5 nitrogen and oxygen atoms in total. The van der Waals surface area contributed by atoms with E-state index in [1.54, 1.807) is 18.2 Å².